The molecule has 232 valence electrons. The molecule has 2 aromatic heterocycles. The van der Waals surface area contributed by atoms with Gasteiger partial charge in [0.1, 0.15) is 17.5 Å². The average molecular weight is 625 g/mol. The smallest absolute Gasteiger partial charge is 0.459 e. The fourth-order valence-electron chi connectivity index (χ4n) is 4.78. The Morgan fingerprint density at radius 2 is 1.93 bits per heavy atom. The number of carbonyl (C=O) groups is 3. The Hall–Kier alpha value is -4.49. The lowest BCUT2D eigenvalue weighted by atomic mass is 10.0. The number of hydroxylamine groups is 2. The number of aromatic amines is 2. The van der Waals surface area contributed by atoms with E-state index in [-0.39, 0.29) is 37.1 Å². The van der Waals surface area contributed by atoms with Crippen LogP contribution in [0.5, 0.6) is 5.75 Å². The van der Waals surface area contributed by atoms with Gasteiger partial charge in [-0.05, 0) is 43.7 Å². The number of carbonyl (C=O) groups excluding carboxylic acids is 2. The summed E-state index contributed by atoms with van der Waals surface area (Å²) >= 11 is 0. The van der Waals surface area contributed by atoms with Crippen molar-refractivity contribution in [3.05, 3.63) is 82.8 Å². The first kappa shape index (κ1) is 31.0. The number of amides is 2. The predicted molar refractivity (Wildman–Crippen MR) is 159 cm³/mol. The summed E-state index contributed by atoms with van der Waals surface area (Å²) in [6, 6.07) is 14.6. The molecule has 0 bridgehead atoms. The van der Waals surface area contributed by atoms with E-state index < -0.39 is 25.7 Å². The summed E-state index contributed by atoms with van der Waals surface area (Å²) in [6.45, 7) is 3.41. The van der Waals surface area contributed by atoms with Crippen LogP contribution < -0.4 is 9.61 Å². The molecule has 4 N–H and O–H groups in total. The Labute approximate surface area is 252 Å². The molecule has 1 aliphatic heterocycles. The van der Waals surface area contributed by atoms with Crippen molar-refractivity contribution in [2.45, 2.75) is 32.9 Å². The second kappa shape index (κ2) is 13.0. The molecule has 0 spiro atoms. The van der Waals surface area contributed by atoms with Crippen LogP contribution in [0.1, 0.15) is 44.7 Å². The van der Waals surface area contributed by atoms with Gasteiger partial charge < -0.3 is 19.5 Å². The average Bonchev–Trinajstić information content (AvgIpc) is 3.64. The van der Waals surface area contributed by atoms with E-state index in [2.05, 4.69) is 20.3 Å². The molecule has 15 heteroatoms. The Balaban J connectivity index is 1.19. The number of aryl methyl sites for hydroxylation is 1. The van der Waals surface area contributed by atoms with Gasteiger partial charge in [0, 0.05) is 42.2 Å². The number of benzene rings is 2. The standard InChI is InChI=1S/C29H33N6O8P/c1-18-8-7-11-23-21(18)16-25(30-23)27(36)35-13-12-24-22(17-35)26(32-31-24)28(37)34(3)41-14-15-42-44(40,33-19(2)29(38)39)43-20-9-5-4-6-10-20/h4-11,16,19,30H,12-15,17H2,1-3H3,(H,31,32)(H,33,40)(H,38,39). The molecule has 5 rings (SSSR count). The van der Waals surface area contributed by atoms with Gasteiger partial charge in [0.25, 0.3) is 11.8 Å². The van der Waals surface area contributed by atoms with Gasteiger partial charge in [-0.3, -0.25) is 28.8 Å². The minimum absolute atomic E-state index is 0.114. The van der Waals surface area contributed by atoms with E-state index >= 15 is 0 Å². The van der Waals surface area contributed by atoms with Gasteiger partial charge in [0.05, 0.1) is 19.8 Å². The normalized spacial score (nSPS) is 14.9. The van der Waals surface area contributed by atoms with Crippen molar-refractivity contribution < 1.29 is 37.9 Å². The molecule has 2 amide bonds. The monoisotopic (exact) mass is 624 g/mol. The second-order valence-electron chi connectivity index (χ2n) is 10.3. The van der Waals surface area contributed by atoms with Crippen molar-refractivity contribution in [1.82, 2.24) is 30.2 Å². The van der Waals surface area contributed by atoms with E-state index in [1.165, 1.54) is 14.0 Å². The molecule has 2 aromatic carbocycles. The first-order valence-corrected chi connectivity index (χ1v) is 15.4. The van der Waals surface area contributed by atoms with Crippen LogP contribution in [0.15, 0.2) is 54.6 Å². The third kappa shape index (κ3) is 6.84. The lowest BCUT2D eigenvalue weighted by Gasteiger charge is -2.27. The van der Waals surface area contributed by atoms with Gasteiger partial charge in [-0.1, -0.05) is 30.3 Å². The zero-order chi connectivity index (χ0) is 31.4. The van der Waals surface area contributed by atoms with E-state index in [0.29, 0.717) is 24.2 Å². The molecule has 0 saturated heterocycles. The quantitative estimate of drug-likeness (QED) is 0.103. The van der Waals surface area contributed by atoms with E-state index in [1.54, 1.807) is 35.2 Å². The highest BCUT2D eigenvalue weighted by atomic mass is 31.2. The van der Waals surface area contributed by atoms with Gasteiger partial charge >= 0.3 is 13.7 Å². The van der Waals surface area contributed by atoms with E-state index in [9.17, 15) is 24.1 Å². The molecule has 4 aromatic rings. The number of nitrogens with zero attached hydrogens (tertiary/aromatic N) is 3. The van der Waals surface area contributed by atoms with Crippen LogP contribution in [0.25, 0.3) is 10.9 Å². The number of nitrogens with one attached hydrogen (secondary N) is 3. The minimum Gasteiger partial charge on any atom is -0.480 e. The summed E-state index contributed by atoms with van der Waals surface area (Å²) in [5.41, 5.74) is 3.88. The fraction of sp³-hybridized carbons (Fsp3) is 0.310. The molecule has 0 saturated carbocycles. The number of fused-ring (bicyclic) bond motifs is 2. The van der Waals surface area contributed by atoms with Crippen LogP contribution in [-0.4, -0.2) is 80.9 Å². The molecule has 14 nitrogen and oxygen atoms in total. The summed E-state index contributed by atoms with van der Waals surface area (Å²) < 4.78 is 24.1. The van der Waals surface area contributed by atoms with Crippen molar-refractivity contribution in [3.63, 3.8) is 0 Å². The maximum Gasteiger partial charge on any atom is 0.459 e. The van der Waals surface area contributed by atoms with Gasteiger partial charge in [-0.2, -0.15) is 10.2 Å². The maximum absolute atomic E-state index is 13.4. The number of carboxylic acid groups (broad SMARTS) is 1. The Bertz CT molecular complexity index is 1720. The molecule has 2 unspecified atom stereocenters. The number of H-pyrrole nitrogens is 2. The molecular formula is C29H33N6O8P. The Morgan fingerprint density at radius 3 is 2.66 bits per heavy atom. The zero-order valence-electron chi connectivity index (χ0n) is 24.4. The third-order valence-corrected chi connectivity index (χ3v) is 8.82. The summed E-state index contributed by atoms with van der Waals surface area (Å²) in [4.78, 5) is 48.3. The Kier molecular flexibility index (Phi) is 9.16. The van der Waals surface area contributed by atoms with Gasteiger partial charge in [0.15, 0.2) is 5.69 Å². The molecule has 0 fully saturated rings. The molecular weight excluding hydrogens is 591 g/mol. The lowest BCUT2D eigenvalue weighted by molar-refractivity contribution is -0.138. The van der Waals surface area contributed by atoms with E-state index in [4.69, 9.17) is 13.9 Å². The number of aliphatic carboxylic acids is 1. The summed E-state index contributed by atoms with van der Waals surface area (Å²) in [5, 5.41) is 20.6. The lowest BCUT2D eigenvalue weighted by Crippen LogP contribution is -2.37. The third-order valence-electron chi connectivity index (χ3n) is 7.14. The van der Waals surface area contributed by atoms with Crippen LogP contribution in [-0.2, 0) is 31.7 Å². The highest BCUT2D eigenvalue weighted by molar-refractivity contribution is 7.52. The second-order valence-corrected chi connectivity index (χ2v) is 12.0. The topological polar surface area (TPSA) is 179 Å². The number of aromatic nitrogens is 3. The molecule has 1 aliphatic rings. The Morgan fingerprint density at radius 1 is 1.16 bits per heavy atom. The van der Waals surface area contributed by atoms with Crippen LogP contribution >= 0.6 is 7.75 Å². The number of hydrogen-bond donors (Lipinski definition) is 4. The predicted octanol–water partition coefficient (Wildman–Crippen LogP) is 3.67. The largest absolute Gasteiger partial charge is 0.480 e. The molecule has 44 heavy (non-hydrogen) atoms. The maximum atomic E-state index is 13.4. The van der Waals surface area contributed by atoms with Crippen LogP contribution in [0.2, 0.25) is 0 Å². The fourth-order valence-corrected chi connectivity index (χ4v) is 6.26. The first-order valence-electron chi connectivity index (χ1n) is 13.9. The van der Waals surface area contributed by atoms with Gasteiger partial charge in [0.2, 0.25) is 0 Å². The van der Waals surface area contributed by atoms with Crippen molar-refractivity contribution >= 4 is 36.4 Å². The molecule has 2 atom stereocenters. The number of hydrogen-bond acceptors (Lipinski definition) is 8. The molecule has 0 radical (unpaired) electrons. The molecule has 3 heterocycles. The molecule has 0 aliphatic carbocycles. The van der Waals surface area contributed by atoms with E-state index in [1.807, 2.05) is 31.2 Å². The summed E-state index contributed by atoms with van der Waals surface area (Å²) in [6.07, 6.45) is 0.498. The van der Waals surface area contributed by atoms with Crippen LogP contribution in [0.3, 0.4) is 0 Å². The van der Waals surface area contributed by atoms with Crippen molar-refractivity contribution in [2.24, 2.45) is 0 Å². The van der Waals surface area contributed by atoms with Crippen molar-refractivity contribution in [2.75, 3.05) is 26.8 Å². The van der Waals surface area contributed by atoms with Crippen LogP contribution in [0.4, 0.5) is 0 Å². The van der Waals surface area contributed by atoms with Crippen molar-refractivity contribution in [1.29, 1.82) is 0 Å². The number of carboxylic acids is 1. The number of para-hydroxylation sites is 1. The summed E-state index contributed by atoms with van der Waals surface area (Å²) in [5.74, 6) is -1.77. The van der Waals surface area contributed by atoms with Gasteiger partial charge in [-0.25, -0.2) is 9.63 Å². The van der Waals surface area contributed by atoms with E-state index in [0.717, 1.165) is 27.2 Å². The zero-order valence-corrected chi connectivity index (χ0v) is 25.3. The minimum atomic E-state index is -4.13. The highest BCUT2D eigenvalue weighted by Crippen LogP contribution is 2.44. The van der Waals surface area contributed by atoms with Gasteiger partial charge in [-0.15, -0.1) is 0 Å². The SMILES string of the molecule is Cc1cccc2[nH]c(C(=O)N3CCc4[nH]nc(C(=O)N(C)OCCOP(=O)(NC(C)C(=O)O)Oc5ccccc5)c4C3)cc12. The van der Waals surface area contributed by atoms with Crippen molar-refractivity contribution in [3.8, 4) is 5.75 Å². The summed E-state index contributed by atoms with van der Waals surface area (Å²) in [7, 11) is -2.73. The highest BCUT2D eigenvalue weighted by Gasteiger charge is 2.33. The first-order chi connectivity index (χ1) is 21.0. The number of rotatable bonds is 12. The van der Waals surface area contributed by atoms with Crippen LogP contribution in [0, 0.1) is 6.92 Å².